The molecular formula is C17H15F3. The molecule has 0 aromatic heterocycles. The molecule has 0 nitrogen and oxygen atoms in total. The molecule has 1 atom stereocenters. The molecule has 1 aliphatic carbocycles. The fourth-order valence-electron chi connectivity index (χ4n) is 3.02. The molecule has 3 heteroatoms. The highest BCUT2D eigenvalue weighted by molar-refractivity contribution is 5.37. The Hall–Kier alpha value is -1.77. The lowest BCUT2D eigenvalue weighted by molar-refractivity contribution is -0.137. The van der Waals surface area contributed by atoms with Crippen LogP contribution in [0.5, 0.6) is 0 Å². The predicted octanol–water partition coefficient (Wildman–Crippen LogP) is 4.98. The summed E-state index contributed by atoms with van der Waals surface area (Å²) in [5, 5.41) is 0. The molecule has 3 rings (SSSR count). The standard InChI is InChI=1S/C17H15F3/c18-17(19,20)15-6-3-4-12(11-15)10-14-9-8-13-5-1-2-7-16(13)14/h1-7,11,14H,8-10H2. The molecule has 0 amide bonds. The zero-order chi connectivity index (χ0) is 14.2. The van der Waals surface area contributed by atoms with E-state index in [1.807, 2.05) is 12.1 Å². The zero-order valence-corrected chi connectivity index (χ0v) is 11.0. The van der Waals surface area contributed by atoms with Crippen molar-refractivity contribution >= 4 is 0 Å². The van der Waals surface area contributed by atoms with Gasteiger partial charge in [0.25, 0.3) is 0 Å². The summed E-state index contributed by atoms with van der Waals surface area (Å²) in [4.78, 5) is 0. The van der Waals surface area contributed by atoms with E-state index in [-0.39, 0.29) is 0 Å². The van der Waals surface area contributed by atoms with Crippen LogP contribution in [0.1, 0.15) is 34.6 Å². The Balaban J connectivity index is 1.83. The molecule has 0 bridgehead atoms. The van der Waals surface area contributed by atoms with E-state index in [4.69, 9.17) is 0 Å². The quantitative estimate of drug-likeness (QED) is 0.725. The summed E-state index contributed by atoms with van der Waals surface area (Å²) in [6.45, 7) is 0. The predicted molar refractivity (Wildman–Crippen MR) is 72.7 cm³/mol. The van der Waals surface area contributed by atoms with E-state index in [0.29, 0.717) is 12.3 Å². The fourth-order valence-corrected chi connectivity index (χ4v) is 3.02. The van der Waals surface area contributed by atoms with Crippen molar-refractivity contribution in [2.75, 3.05) is 0 Å². The molecule has 1 aliphatic rings. The van der Waals surface area contributed by atoms with Gasteiger partial charge in [-0.25, -0.2) is 0 Å². The molecule has 104 valence electrons. The van der Waals surface area contributed by atoms with Crippen LogP contribution in [-0.2, 0) is 19.0 Å². The average molecular weight is 276 g/mol. The molecule has 0 spiro atoms. The van der Waals surface area contributed by atoms with Crippen molar-refractivity contribution in [3.05, 3.63) is 70.8 Å². The van der Waals surface area contributed by atoms with Gasteiger partial charge in [0, 0.05) is 0 Å². The Kier molecular flexibility index (Phi) is 3.28. The fraction of sp³-hybridized carbons (Fsp3) is 0.294. The second kappa shape index (κ2) is 4.97. The van der Waals surface area contributed by atoms with Gasteiger partial charge in [-0.1, -0.05) is 42.5 Å². The van der Waals surface area contributed by atoms with Crippen molar-refractivity contribution in [2.24, 2.45) is 0 Å². The van der Waals surface area contributed by atoms with Crippen LogP contribution in [0.2, 0.25) is 0 Å². The Morgan fingerprint density at radius 3 is 2.60 bits per heavy atom. The van der Waals surface area contributed by atoms with Crippen molar-refractivity contribution in [2.45, 2.75) is 31.4 Å². The average Bonchev–Trinajstić information content (AvgIpc) is 2.82. The number of hydrogen-bond donors (Lipinski definition) is 0. The van der Waals surface area contributed by atoms with Gasteiger partial charge in [-0.2, -0.15) is 13.2 Å². The van der Waals surface area contributed by atoms with E-state index in [0.717, 1.165) is 24.5 Å². The second-order valence-electron chi connectivity index (χ2n) is 5.34. The maximum absolute atomic E-state index is 12.7. The van der Waals surface area contributed by atoms with Crippen LogP contribution in [-0.4, -0.2) is 0 Å². The van der Waals surface area contributed by atoms with Crippen molar-refractivity contribution < 1.29 is 13.2 Å². The summed E-state index contributed by atoms with van der Waals surface area (Å²) in [6.07, 6.45) is -1.53. The maximum atomic E-state index is 12.7. The van der Waals surface area contributed by atoms with Crippen LogP contribution >= 0.6 is 0 Å². The Morgan fingerprint density at radius 2 is 1.80 bits per heavy atom. The first-order valence-corrected chi connectivity index (χ1v) is 6.78. The number of fused-ring (bicyclic) bond motifs is 1. The van der Waals surface area contributed by atoms with Gasteiger partial charge in [0.1, 0.15) is 0 Å². The van der Waals surface area contributed by atoms with Crippen LogP contribution in [0.4, 0.5) is 13.2 Å². The first kappa shape index (κ1) is 13.2. The summed E-state index contributed by atoms with van der Waals surface area (Å²) >= 11 is 0. The molecular weight excluding hydrogens is 261 g/mol. The topological polar surface area (TPSA) is 0 Å². The molecule has 0 radical (unpaired) electrons. The van der Waals surface area contributed by atoms with E-state index >= 15 is 0 Å². The molecule has 0 heterocycles. The van der Waals surface area contributed by atoms with Crippen molar-refractivity contribution in [3.63, 3.8) is 0 Å². The summed E-state index contributed by atoms with van der Waals surface area (Å²) < 4.78 is 38.2. The number of rotatable bonds is 2. The minimum absolute atomic E-state index is 0.342. The third kappa shape index (κ3) is 2.58. The van der Waals surface area contributed by atoms with Gasteiger partial charge in [-0.05, 0) is 47.9 Å². The number of benzene rings is 2. The van der Waals surface area contributed by atoms with Gasteiger partial charge in [0.05, 0.1) is 5.56 Å². The monoisotopic (exact) mass is 276 g/mol. The lowest BCUT2D eigenvalue weighted by Crippen LogP contribution is -2.06. The lowest BCUT2D eigenvalue weighted by atomic mass is 9.93. The Morgan fingerprint density at radius 1 is 1.00 bits per heavy atom. The van der Waals surface area contributed by atoms with Gasteiger partial charge < -0.3 is 0 Å². The van der Waals surface area contributed by atoms with E-state index in [9.17, 15) is 13.2 Å². The highest BCUT2D eigenvalue weighted by Crippen LogP contribution is 2.36. The molecule has 0 fully saturated rings. The van der Waals surface area contributed by atoms with E-state index in [2.05, 4.69) is 12.1 Å². The van der Waals surface area contributed by atoms with Crippen molar-refractivity contribution in [3.8, 4) is 0 Å². The summed E-state index contributed by atoms with van der Waals surface area (Å²) in [6, 6.07) is 13.9. The van der Waals surface area contributed by atoms with Crippen LogP contribution in [0.25, 0.3) is 0 Å². The number of hydrogen-bond acceptors (Lipinski definition) is 0. The first-order valence-electron chi connectivity index (χ1n) is 6.78. The highest BCUT2D eigenvalue weighted by atomic mass is 19.4. The van der Waals surface area contributed by atoms with Crippen LogP contribution in [0, 0.1) is 0 Å². The smallest absolute Gasteiger partial charge is 0.166 e. The zero-order valence-electron chi connectivity index (χ0n) is 11.0. The SMILES string of the molecule is FC(F)(F)c1cccc(CC2CCc3ccccc32)c1. The second-order valence-corrected chi connectivity index (χ2v) is 5.34. The van der Waals surface area contributed by atoms with Crippen molar-refractivity contribution in [1.82, 2.24) is 0 Å². The lowest BCUT2D eigenvalue weighted by Gasteiger charge is -2.13. The third-order valence-electron chi connectivity index (χ3n) is 3.99. The van der Waals surface area contributed by atoms with Gasteiger partial charge in [-0.15, -0.1) is 0 Å². The van der Waals surface area contributed by atoms with Gasteiger partial charge in [0.15, 0.2) is 0 Å². The minimum atomic E-state index is -4.26. The maximum Gasteiger partial charge on any atom is 0.416 e. The largest absolute Gasteiger partial charge is 0.416 e. The molecule has 1 unspecified atom stereocenters. The van der Waals surface area contributed by atoms with Crippen LogP contribution in [0.3, 0.4) is 0 Å². The summed E-state index contributed by atoms with van der Waals surface area (Å²) in [5.41, 5.74) is 2.84. The van der Waals surface area contributed by atoms with E-state index < -0.39 is 11.7 Å². The molecule has 0 N–H and O–H groups in total. The van der Waals surface area contributed by atoms with Gasteiger partial charge in [-0.3, -0.25) is 0 Å². The number of alkyl halides is 3. The van der Waals surface area contributed by atoms with Gasteiger partial charge >= 0.3 is 6.18 Å². The molecule has 2 aromatic rings. The van der Waals surface area contributed by atoms with Crippen LogP contribution in [0.15, 0.2) is 48.5 Å². The molecule has 20 heavy (non-hydrogen) atoms. The van der Waals surface area contributed by atoms with E-state index in [1.54, 1.807) is 6.07 Å². The van der Waals surface area contributed by atoms with Crippen LogP contribution < -0.4 is 0 Å². The highest BCUT2D eigenvalue weighted by Gasteiger charge is 2.30. The van der Waals surface area contributed by atoms with Gasteiger partial charge in [0.2, 0.25) is 0 Å². The molecule has 2 aromatic carbocycles. The normalized spacial score (nSPS) is 18.1. The minimum Gasteiger partial charge on any atom is -0.166 e. The Labute approximate surface area is 116 Å². The molecule has 0 saturated heterocycles. The summed E-state index contributed by atoms with van der Waals surface area (Å²) in [7, 11) is 0. The number of halogens is 3. The molecule has 0 aliphatic heterocycles. The first-order chi connectivity index (χ1) is 9.54. The Bertz CT molecular complexity index is 614. The van der Waals surface area contributed by atoms with E-state index in [1.165, 1.54) is 23.3 Å². The molecule has 0 saturated carbocycles. The summed E-state index contributed by atoms with van der Waals surface area (Å²) in [5.74, 6) is 0.342. The third-order valence-corrected chi connectivity index (χ3v) is 3.99. The number of aryl methyl sites for hydroxylation is 1. The van der Waals surface area contributed by atoms with Crippen molar-refractivity contribution in [1.29, 1.82) is 0 Å².